The van der Waals surface area contributed by atoms with Crippen LogP contribution in [0.5, 0.6) is 0 Å². The molecule has 1 saturated carbocycles. The van der Waals surface area contributed by atoms with E-state index in [1.165, 1.54) is 12.8 Å². The molecular formula is C15H28N2O. The first-order chi connectivity index (χ1) is 8.72. The zero-order chi connectivity index (χ0) is 13.0. The predicted molar refractivity (Wildman–Crippen MR) is 74.4 cm³/mol. The number of carbonyl (C=O) groups excluding carboxylic acids is 1. The van der Waals surface area contributed by atoms with Crippen molar-refractivity contribution >= 4 is 5.91 Å². The Balaban J connectivity index is 2.04. The molecule has 1 aliphatic heterocycles. The van der Waals surface area contributed by atoms with Gasteiger partial charge < -0.3 is 10.2 Å². The first-order valence-corrected chi connectivity index (χ1v) is 7.72. The zero-order valence-corrected chi connectivity index (χ0v) is 12.0. The first-order valence-electron chi connectivity index (χ1n) is 7.72. The number of nitrogens with zero attached hydrogens (tertiary/aromatic N) is 1. The molecule has 1 amide bonds. The van der Waals surface area contributed by atoms with Crippen LogP contribution in [0, 0.1) is 11.3 Å². The minimum atomic E-state index is -0.0507. The molecule has 18 heavy (non-hydrogen) atoms. The quantitative estimate of drug-likeness (QED) is 0.787. The topological polar surface area (TPSA) is 32.3 Å². The highest BCUT2D eigenvalue weighted by molar-refractivity contribution is 5.83. The minimum Gasteiger partial charge on any atom is -0.342 e. The summed E-state index contributed by atoms with van der Waals surface area (Å²) in [5.74, 6) is 1.24. The minimum absolute atomic E-state index is 0.0507. The molecule has 0 bridgehead atoms. The largest absolute Gasteiger partial charge is 0.342 e. The Labute approximate surface area is 111 Å². The van der Waals surface area contributed by atoms with E-state index in [2.05, 4.69) is 24.1 Å². The number of amides is 1. The fraction of sp³-hybridized carbons (Fsp3) is 0.933. The fourth-order valence-corrected chi connectivity index (χ4v) is 3.26. The second-order valence-corrected chi connectivity index (χ2v) is 6.07. The first kappa shape index (κ1) is 13.9. The van der Waals surface area contributed by atoms with E-state index in [-0.39, 0.29) is 5.41 Å². The third-order valence-electron chi connectivity index (χ3n) is 4.59. The molecule has 2 rings (SSSR count). The van der Waals surface area contributed by atoms with E-state index in [4.69, 9.17) is 0 Å². The Morgan fingerprint density at radius 2 is 1.94 bits per heavy atom. The summed E-state index contributed by atoms with van der Waals surface area (Å²) in [5.41, 5.74) is -0.0507. The van der Waals surface area contributed by atoms with E-state index in [0.717, 1.165) is 57.8 Å². The lowest BCUT2D eigenvalue weighted by molar-refractivity contribution is -0.144. The van der Waals surface area contributed by atoms with Crippen LogP contribution in [0.25, 0.3) is 0 Å². The van der Waals surface area contributed by atoms with E-state index in [0.29, 0.717) is 5.91 Å². The fourth-order valence-electron chi connectivity index (χ4n) is 3.26. The highest BCUT2D eigenvalue weighted by atomic mass is 16.2. The van der Waals surface area contributed by atoms with Crippen LogP contribution in [-0.4, -0.2) is 37.0 Å². The Kier molecular flexibility index (Phi) is 4.66. The Morgan fingerprint density at radius 3 is 2.44 bits per heavy atom. The molecule has 0 spiro atoms. The van der Waals surface area contributed by atoms with Crippen LogP contribution in [0.15, 0.2) is 0 Å². The van der Waals surface area contributed by atoms with Crippen LogP contribution >= 0.6 is 0 Å². The maximum absolute atomic E-state index is 12.9. The van der Waals surface area contributed by atoms with Gasteiger partial charge in [-0.15, -0.1) is 0 Å². The van der Waals surface area contributed by atoms with Gasteiger partial charge in [0.25, 0.3) is 0 Å². The number of nitrogens with one attached hydrogen (secondary N) is 1. The van der Waals surface area contributed by atoms with E-state index in [1.54, 1.807) is 0 Å². The summed E-state index contributed by atoms with van der Waals surface area (Å²) in [6, 6.07) is 0. The van der Waals surface area contributed by atoms with Gasteiger partial charge in [-0.25, -0.2) is 0 Å². The molecule has 0 aromatic carbocycles. The molecule has 3 nitrogen and oxygen atoms in total. The molecule has 0 aromatic heterocycles. The Hall–Kier alpha value is -0.570. The Bertz CT molecular complexity index is 275. The second kappa shape index (κ2) is 6.05. The number of carbonyl (C=O) groups is 1. The monoisotopic (exact) mass is 252 g/mol. The number of hydrogen-bond acceptors (Lipinski definition) is 2. The standard InChI is InChI=1S/C15H28N2O/c1-3-7-15(8-10-16-11-9-15)14(18)17(4-2)12-13-5-6-13/h13,16H,3-12H2,1-2H3. The molecule has 1 saturated heterocycles. The van der Waals surface area contributed by atoms with Gasteiger partial charge in [0.05, 0.1) is 5.41 Å². The molecular weight excluding hydrogens is 224 g/mol. The van der Waals surface area contributed by atoms with Crippen molar-refractivity contribution in [3.8, 4) is 0 Å². The average Bonchev–Trinajstić information content (AvgIpc) is 3.20. The molecule has 0 aromatic rings. The summed E-state index contributed by atoms with van der Waals surface area (Å²) in [6.45, 7) is 8.23. The highest BCUT2D eigenvalue weighted by Crippen LogP contribution is 2.38. The van der Waals surface area contributed by atoms with Crippen molar-refractivity contribution in [1.82, 2.24) is 10.2 Å². The van der Waals surface area contributed by atoms with Crippen LogP contribution in [0.3, 0.4) is 0 Å². The van der Waals surface area contributed by atoms with Crippen LogP contribution < -0.4 is 5.32 Å². The van der Waals surface area contributed by atoms with Crippen molar-refractivity contribution in [1.29, 1.82) is 0 Å². The van der Waals surface area contributed by atoms with Crippen molar-refractivity contribution in [3.05, 3.63) is 0 Å². The third-order valence-corrected chi connectivity index (χ3v) is 4.59. The molecule has 0 unspecified atom stereocenters. The van der Waals surface area contributed by atoms with Gasteiger partial charge in [-0.2, -0.15) is 0 Å². The van der Waals surface area contributed by atoms with Gasteiger partial charge in [-0.3, -0.25) is 4.79 Å². The highest BCUT2D eigenvalue weighted by Gasteiger charge is 2.41. The summed E-state index contributed by atoms with van der Waals surface area (Å²) in [4.78, 5) is 15.0. The maximum Gasteiger partial charge on any atom is 0.228 e. The maximum atomic E-state index is 12.9. The Morgan fingerprint density at radius 1 is 1.28 bits per heavy atom. The SMILES string of the molecule is CCCC1(C(=O)N(CC)CC2CC2)CCNCC1. The molecule has 104 valence electrons. The lowest BCUT2D eigenvalue weighted by atomic mass is 9.74. The van der Waals surface area contributed by atoms with Gasteiger partial charge >= 0.3 is 0 Å². The molecule has 1 N–H and O–H groups in total. The second-order valence-electron chi connectivity index (χ2n) is 6.07. The van der Waals surface area contributed by atoms with Crippen LogP contribution in [0.2, 0.25) is 0 Å². The number of hydrogen-bond donors (Lipinski definition) is 1. The van der Waals surface area contributed by atoms with Gasteiger partial charge in [-0.1, -0.05) is 13.3 Å². The predicted octanol–water partition coefficient (Wildman–Crippen LogP) is 2.41. The number of rotatable bonds is 6. The lowest BCUT2D eigenvalue weighted by Gasteiger charge is -2.40. The summed E-state index contributed by atoms with van der Waals surface area (Å²) in [7, 11) is 0. The van der Waals surface area contributed by atoms with Gasteiger partial charge in [0.15, 0.2) is 0 Å². The van der Waals surface area contributed by atoms with E-state index in [9.17, 15) is 4.79 Å². The van der Waals surface area contributed by atoms with Gasteiger partial charge in [0.1, 0.15) is 0 Å². The number of piperidine rings is 1. The van der Waals surface area contributed by atoms with Crippen molar-refractivity contribution in [2.75, 3.05) is 26.2 Å². The lowest BCUT2D eigenvalue weighted by Crippen LogP contribution is -2.49. The normalized spacial score (nSPS) is 22.8. The van der Waals surface area contributed by atoms with Crippen LogP contribution in [0.1, 0.15) is 52.4 Å². The molecule has 0 radical (unpaired) electrons. The average molecular weight is 252 g/mol. The van der Waals surface area contributed by atoms with Crippen molar-refractivity contribution in [2.45, 2.75) is 52.4 Å². The summed E-state index contributed by atoms with van der Waals surface area (Å²) < 4.78 is 0. The molecule has 2 fully saturated rings. The molecule has 1 heterocycles. The van der Waals surface area contributed by atoms with Gasteiger partial charge in [-0.05, 0) is 58.0 Å². The van der Waals surface area contributed by atoms with Gasteiger partial charge in [0.2, 0.25) is 5.91 Å². The van der Waals surface area contributed by atoms with Crippen molar-refractivity contribution in [3.63, 3.8) is 0 Å². The smallest absolute Gasteiger partial charge is 0.228 e. The van der Waals surface area contributed by atoms with Crippen LogP contribution in [-0.2, 0) is 4.79 Å². The molecule has 1 aliphatic carbocycles. The van der Waals surface area contributed by atoms with E-state index in [1.807, 2.05) is 0 Å². The third kappa shape index (κ3) is 3.05. The summed E-state index contributed by atoms with van der Waals surface area (Å²) in [5, 5.41) is 3.39. The van der Waals surface area contributed by atoms with Gasteiger partial charge in [0, 0.05) is 13.1 Å². The summed E-state index contributed by atoms with van der Waals surface area (Å²) in [6.07, 6.45) is 6.89. The van der Waals surface area contributed by atoms with E-state index < -0.39 is 0 Å². The van der Waals surface area contributed by atoms with E-state index >= 15 is 0 Å². The zero-order valence-electron chi connectivity index (χ0n) is 12.0. The summed E-state index contributed by atoms with van der Waals surface area (Å²) >= 11 is 0. The van der Waals surface area contributed by atoms with Crippen molar-refractivity contribution < 1.29 is 4.79 Å². The molecule has 2 aliphatic rings. The molecule has 3 heteroatoms. The molecule has 0 atom stereocenters. The van der Waals surface area contributed by atoms with Crippen molar-refractivity contribution in [2.24, 2.45) is 11.3 Å². The van der Waals surface area contributed by atoms with Crippen LogP contribution in [0.4, 0.5) is 0 Å².